The largest absolute Gasteiger partial charge is 0.601 e. The molecule has 0 nitrogen and oxygen atoms in total. The second-order valence-corrected chi connectivity index (χ2v) is 5.93. The highest BCUT2D eigenvalue weighted by Crippen LogP contribution is 2.54. The van der Waals surface area contributed by atoms with Crippen LogP contribution in [0.4, 0.5) is 22.0 Å². The Hall–Kier alpha value is -1.69. The van der Waals surface area contributed by atoms with Crippen molar-refractivity contribution in [3.63, 3.8) is 0 Å². The van der Waals surface area contributed by atoms with Gasteiger partial charge in [0.2, 0.25) is 4.70 Å². The van der Waals surface area contributed by atoms with Crippen LogP contribution in [0.25, 0.3) is 20.2 Å². The Labute approximate surface area is 107 Å². The van der Waals surface area contributed by atoms with Gasteiger partial charge in [0.25, 0.3) is 0 Å². The van der Waals surface area contributed by atoms with Crippen LogP contribution in [0.3, 0.4) is 0 Å². The van der Waals surface area contributed by atoms with Crippen molar-refractivity contribution in [1.82, 2.24) is 0 Å². The van der Waals surface area contributed by atoms with Crippen LogP contribution in [0, 0.1) is 11.6 Å². The van der Waals surface area contributed by atoms with Gasteiger partial charge in [0.05, 0.1) is 10.8 Å². The number of hydrogen-bond acceptors (Lipinski definition) is 0. The highest BCUT2D eigenvalue weighted by Gasteiger charge is 2.48. The van der Waals surface area contributed by atoms with Gasteiger partial charge < -0.3 is 0 Å². The van der Waals surface area contributed by atoms with Crippen molar-refractivity contribution in [2.75, 3.05) is 0 Å². The average Bonchev–Trinajstić information content (AvgIpc) is 2.64. The van der Waals surface area contributed by atoms with E-state index in [-0.39, 0.29) is 15.5 Å². The van der Waals surface area contributed by atoms with Crippen LogP contribution in [0.15, 0.2) is 36.4 Å². The van der Waals surface area contributed by atoms with E-state index in [0.717, 1.165) is 24.3 Å². The molecule has 19 heavy (non-hydrogen) atoms. The molecule has 2 aromatic carbocycles. The zero-order valence-electron chi connectivity index (χ0n) is 9.26. The monoisotopic (exact) mass is 289 g/mol. The average molecular weight is 289 g/mol. The van der Waals surface area contributed by atoms with Crippen molar-refractivity contribution in [2.45, 2.75) is 5.51 Å². The Morgan fingerprint density at radius 3 is 2.32 bits per heavy atom. The first kappa shape index (κ1) is 12.3. The summed E-state index contributed by atoms with van der Waals surface area (Å²) in [7, 11) is -2.36. The topological polar surface area (TPSA) is 0 Å². The van der Waals surface area contributed by atoms with Crippen LogP contribution < -0.4 is 0 Å². The van der Waals surface area contributed by atoms with Gasteiger partial charge in [0.15, 0.2) is 10.5 Å². The minimum Gasteiger partial charge on any atom is -0.207 e. The van der Waals surface area contributed by atoms with Gasteiger partial charge in [-0.05, 0) is 24.3 Å². The van der Waals surface area contributed by atoms with Crippen molar-refractivity contribution in [2.24, 2.45) is 0 Å². The highest BCUT2D eigenvalue weighted by molar-refractivity contribution is 7.43. The molecule has 1 heterocycles. The molecule has 6 heteroatoms. The summed E-state index contributed by atoms with van der Waals surface area (Å²) in [6.07, 6.45) is 0. The van der Waals surface area contributed by atoms with Crippen LogP contribution in [0.2, 0.25) is 0 Å². The number of alkyl halides is 3. The standard InChI is InChI=1S/C13H6F5S/c14-7-4-5-11-9(6-7)8-2-1-3-10(15)12(8)19(11)13(16,17)18/h1-6H/q+1. The molecule has 0 radical (unpaired) electrons. The number of benzene rings is 2. The Morgan fingerprint density at radius 2 is 1.63 bits per heavy atom. The Morgan fingerprint density at radius 1 is 0.895 bits per heavy atom. The molecule has 0 fully saturated rings. The first-order chi connectivity index (χ1) is 8.89. The molecule has 0 aliphatic heterocycles. The summed E-state index contributed by atoms with van der Waals surface area (Å²) in [6.45, 7) is 0. The van der Waals surface area contributed by atoms with Crippen LogP contribution in [0.5, 0.6) is 0 Å². The van der Waals surface area contributed by atoms with Gasteiger partial charge in [-0.25, -0.2) is 8.78 Å². The van der Waals surface area contributed by atoms with E-state index < -0.39 is 32.3 Å². The lowest BCUT2D eigenvalue weighted by atomic mass is 10.1. The molecule has 1 aromatic heterocycles. The molecule has 0 saturated heterocycles. The maximum absolute atomic E-state index is 13.7. The van der Waals surface area contributed by atoms with E-state index in [2.05, 4.69) is 0 Å². The van der Waals surface area contributed by atoms with Gasteiger partial charge in [-0.2, -0.15) is 0 Å². The Balaban J connectivity index is 2.63. The van der Waals surface area contributed by atoms with Crippen LogP contribution in [0.1, 0.15) is 0 Å². The summed E-state index contributed by atoms with van der Waals surface area (Å²) in [5.74, 6) is -1.55. The molecule has 3 aromatic rings. The van der Waals surface area contributed by atoms with E-state index in [0.29, 0.717) is 0 Å². The van der Waals surface area contributed by atoms with Crippen LogP contribution in [-0.4, -0.2) is 0 Å². The number of halogens is 5. The van der Waals surface area contributed by atoms with Crippen molar-refractivity contribution in [3.8, 4) is 0 Å². The normalized spacial score (nSPS) is 13.4. The lowest BCUT2D eigenvalue weighted by Gasteiger charge is -1.96. The van der Waals surface area contributed by atoms with E-state index >= 15 is 0 Å². The SMILES string of the molecule is Fc1ccc2c(c1)c1cccc(F)c1[s+]2C(F)(F)F. The van der Waals surface area contributed by atoms with E-state index in [1.807, 2.05) is 0 Å². The summed E-state index contributed by atoms with van der Waals surface area (Å²) in [5.41, 5.74) is -4.58. The third-order valence-corrected chi connectivity index (χ3v) is 4.94. The first-order valence-electron chi connectivity index (χ1n) is 5.29. The van der Waals surface area contributed by atoms with E-state index in [1.54, 1.807) is 0 Å². The molecule has 0 N–H and O–H groups in total. The third kappa shape index (κ3) is 1.78. The second-order valence-electron chi connectivity index (χ2n) is 4.01. The summed E-state index contributed by atoms with van der Waals surface area (Å²) in [4.78, 5) is 0. The first-order valence-corrected chi connectivity index (χ1v) is 6.51. The minimum atomic E-state index is -4.58. The van der Waals surface area contributed by atoms with Crippen molar-refractivity contribution < 1.29 is 22.0 Å². The van der Waals surface area contributed by atoms with Gasteiger partial charge in [0.1, 0.15) is 16.3 Å². The number of hydrogen-bond donors (Lipinski definition) is 0. The van der Waals surface area contributed by atoms with Gasteiger partial charge in [0, 0.05) is 6.07 Å². The van der Waals surface area contributed by atoms with Gasteiger partial charge in [-0.1, -0.05) is 6.07 Å². The fourth-order valence-electron chi connectivity index (χ4n) is 2.17. The molecule has 0 saturated carbocycles. The predicted molar refractivity (Wildman–Crippen MR) is 65.1 cm³/mol. The molecule has 1 atom stereocenters. The molecular weight excluding hydrogens is 283 g/mol. The van der Waals surface area contributed by atoms with E-state index in [4.69, 9.17) is 0 Å². The Bertz CT molecular complexity index is 785. The predicted octanol–water partition coefficient (Wildman–Crippen LogP) is 5.50. The van der Waals surface area contributed by atoms with Crippen molar-refractivity contribution in [3.05, 3.63) is 48.0 Å². The lowest BCUT2D eigenvalue weighted by Crippen LogP contribution is -1.95. The number of rotatable bonds is 0. The third-order valence-electron chi connectivity index (χ3n) is 2.85. The number of thiophene rings is 1. The van der Waals surface area contributed by atoms with Gasteiger partial charge in [-0.15, -0.1) is 13.2 Å². The number of fused-ring (bicyclic) bond motifs is 3. The summed E-state index contributed by atoms with van der Waals surface area (Å²) in [5, 5.41) is 0.241. The summed E-state index contributed by atoms with van der Waals surface area (Å²) in [6, 6.07) is 6.77. The van der Waals surface area contributed by atoms with E-state index in [9.17, 15) is 22.0 Å². The van der Waals surface area contributed by atoms with Crippen LogP contribution in [-0.2, 0) is 5.51 Å². The Kier molecular flexibility index (Phi) is 2.53. The summed E-state index contributed by atoms with van der Waals surface area (Å²) < 4.78 is 65.9. The molecule has 3 rings (SSSR count). The molecule has 1 unspecified atom stereocenters. The van der Waals surface area contributed by atoms with Crippen molar-refractivity contribution >= 4 is 30.6 Å². The van der Waals surface area contributed by atoms with Crippen molar-refractivity contribution in [1.29, 1.82) is 0 Å². The van der Waals surface area contributed by atoms with Crippen LogP contribution >= 0.6 is 10.5 Å². The zero-order chi connectivity index (χ0) is 13.8. The molecule has 0 spiro atoms. The van der Waals surface area contributed by atoms with E-state index in [1.165, 1.54) is 12.1 Å². The minimum absolute atomic E-state index is 0.0750. The molecule has 0 aliphatic rings. The molecule has 0 amide bonds. The second kappa shape index (κ2) is 3.90. The molecule has 0 bridgehead atoms. The van der Waals surface area contributed by atoms with Gasteiger partial charge >= 0.3 is 5.51 Å². The maximum atomic E-state index is 13.7. The van der Waals surface area contributed by atoms with Gasteiger partial charge in [-0.3, -0.25) is 0 Å². The highest BCUT2D eigenvalue weighted by atomic mass is 32.2. The smallest absolute Gasteiger partial charge is 0.207 e. The maximum Gasteiger partial charge on any atom is 0.601 e. The molecule has 98 valence electrons. The molecular formula is C13H6F5S+. The zero-order valence-corrected chi connectivity index (χ0v) is 10.1. The fourth-order valence-corrected chi connectivity index (χ4v) is 4.12. The summed E-state index contributed by atoms with van der Waals surface area (Å²) >= 11 is 0. The molecule has 0 aliphatic carbocycles. The lowest BCUT2D eigenvalue weighted by molar-refractivity contribution is -0.0863. The fraction of sp³-hybridized carbons (Fsp3) is 0.0769. The quantitative estimate of drug-likeness (QED) is 0.379.